The molecule has 68 heavy (non-hydrogen) atoms. The zero-order valence-electron chi connectivity index (χ0n) is 38.0. The van der Waals surface area contributed by atoms with E-state index in [0.29, 0.717) is 0 Å². The molecule has 4 aliphatic rings. The molecule has 0 N–H and O–H groups in total. The van der Waals surface area contributed by atoms with Crippen LogP contribution in [0.4, 0.5) is 34.1 Å². The van der Waals surface area contributed by atoms with Crippen molar-refractivity contribution in [3.05, 3.63) is 275 Å². The van der Waals surface area contributed by atoms with Crippen LogP contribution in [0.2, 0.25) is 0 Å². The molecular formula is C66H46N2. The maximum atomic E-state index is 2.56. The highest BCUT2D eigenvalue weighted by Gasteiger charge is 2.49. The molecule has 2 heteroatoms. The highest BCUT2D eigenvalue weighted by Crippen LogP contribution is 2.62. The van der Waals surface area contributed by atoms with E-state index in [9.17, 15) is 0 Å². The predicted molar refractivity (Wildman–Crippen MR) is 284 cm³/mol. The first-order chi connectivity index (χ1) is 33.5. The minimum absolute atomic E-state index is 0.182. The molecule has 0 fully saturated rings. The van der Waals surface area contributed by atoms with E-state index in [1.165, 1.54) is 89.0 Å². The summed E-state index contributed by atoms with van der Waals surface area (Å²) in [6.07, 6.45) is 4.63. The molecule has 10 aromatic rings. The van der Waals surface area contributed by atoms with Crippen LogP contribution in [0.25, 0.3) is 56.7 Å². The SMILES string of the molecule is CC1(C)c2ccccc2-c2ccc(N(c3ccc4c(c3)-c3ccccc3-c3ccccc3N4c3ccccc3)c3cccc4c3-c3ccccc3C43c4ccccc4C=Cc4ccccc43)cc21. The van der Waals surface area contributed by atoms with Gasteiger partial charge in [-0.05, 0) is 127 Å². The van der Waals surface area contributed by atoms with Gasteiger partial charge in [-0.25, -0.2) is 0 Å². The molecule has 14 rings (SSSR count). The Morgan fingerprint density at radius 2 is 0.853 bits per heavy atom. The van der Waals surface area contributed by atoms with Crippen LogP contribution >= 0.6 is 0 Å². The van der Waals surface area contributed by atoms with Gasteiger partial charge in [0.15, 0.2) is 0 Å². The van der Waals surface area contributed by atoms with Gasteiger partial charge >= 0.3 is 0 Å². The molecule has 10 aromatic carbocycles. The van der Waals surface area contributed by atoms with Gasteiger partial charge in [-0.15, -0.1) is 0 Å². The second-order valence-corrected chi connectivity index (χ2v) is 19.2. The molecular weight excluding hydrogens is 821 g/mol. The second-order valence-electron chi connectivity index (χ2n) is 19.2. The zero-order chi connectivity index (χ0) is 45.1. The summed E-state index contributed by atoms with van der Waals surface area (Å²) in [6, 6.07) is 86.3. The standard InChI is InChI=1S/C66H46N2/c1-65(2)57-30-15-10-25-50(57)51-39-37-47(42-60(51)65)67(46-38-40-62-54(41-46)49-24-9-8-23-48(49)52-26-12-17-33-61(52)68(62)45-21-4-3-5-22-45)63-34-18-32-59-64(63)53-27-11-16-31-58(53)66(59)55-28-13-6-19-43(55)35-36-44-20-7-14-29-56(44)66/h3-42H,1-2H3. The Balaban J connectivity index is 1.08. The summed E-state index contributed by atoms with van der Waals surface area (Å²) >= 11 is 0. The molecule has 3 aliphatic carbocycles. The summed E-state index contributed by atoms with van der Waals surface area (Å²) < 4.78 is 0. The van der Waals surface area contributed by atoms with Crippen molar-refractivity contribution in [2.75, 3.05) is 9.80 Å². The van der Waals surface area contributed by atoms with Crippen molar-refractivity contribution >= 4 is 46.3 Å². The number of benzene rings is 10. The number of hydrogen-bond donors (Lipinski definition) is 0. The normalized spacial score (nSPS) is 14.5. The number of fused-ring (bicyclic) bond motifs is 17. The summed E-state index contributed by atoms with van der Waals surface area (Å²) in [5.41, 5.74) is 26.4. The van der Waals surface area contributed by atoms with Crippen molar-refractivity contribution < 1.29 is 0 Å². The fourth-order valence-corrected chi connectivity index (χ4v) is 12.5. The molecule has 320 valence electrons. The Morgan fingerprint density at radius 3 is 1.59 bits per heavy atom. The van der Waals surface area contributed by atoms with Gasteiger partial charge < -0.3 is 9.80 Å². The molecule has 0 amide bonds. The lowest BCUT2D eigenvalue weighted by Crippen LogP contribution is -2.30. The first-order valence-corrected chi connectivity index (χ1v) is 23.8. The quantitative estimate of drug-likeness (QED) is 0.174. The van der Waals surface area contributed by atoms with Crippen molar-refractivity contribution in [3.63, 3.8) is 0 Å². The van der Waals surface area contributed by atoms with Gasteiger partial charge in [0, 0.05) is 39.2 Å². The topological polar surface area (TPSA) is 6.48 Å². The Bertz CT molecular complexity index is 3690. The number of hydrogen-bond acceptors (Lipinski definition) is 2. The summed E-state index contributed by atoms with van der Waals surface area (Å²) in [6.45, 7) is 4.77. The van der Waals surface area contributed by atoms with E-state index < -0.39 is 5.41 Å². The summed E-state index contributed by atoms with van der Waals surface area (Å²) in [5, 5.41) is 0. The van der Waals surface area contributed by atoms with E-state index >= 15 is 0 Å². The van der Waals surface area contributed by atoms with E-state index in [1.54, 1.807) is 0 Å². The van der Waals surface area contributed by atoms with Gasteiger partial charge in [0.05, 0.1) is 22.5 Å². The number of para-hydroxylation sites is 2. The van der Waals surface area contributed by atoms with E-state index in [2.05, 4.69) is 266 Å². The van der Waals surface area contributed by atoms with Crippen LogP contribution in [0.5, 0.6) is 0 Å². The molecule has 0 unspecified atom stereocenters. The van der Waals surface area contributed by atoms with Crippen LogP contribution in [0.3, 0.4) is 0 Å². The molecule has 1 aliphatic heterocycles. The van der Waals surface area contributed by atoms with Gasteiger partial charge in [-0.1, -0.05) is 202 Å². The number of nitrogens with zero attached hydrogens (tertiary/aromatic N) is 2. The average molecular weight is 867 g/mol. The predicted octanol–water partition coefficient (Wildman–Crippen LogP) is 17.4. The third-order valence-corrected chi connectivity index (χ3v) is 15.4. The minimum atomic E-state index is -0.555. The summed E-state index contributed by atoms with van der Waals surface area (Å²) in [7, 11) is 0. The van der Waals surface area contributed by atoms with Gasteiger partial charge in [-0.2, -0.15) is 0 Å². The van der Waals surface area contributed by atoms with Gasteiger partial charge in [0.2, 0.25) is 0 Å². The first-order valence-electron chi connectivity index (χ1n) is 23.8. The van der Waals surface area contributed by atoms with Crippen LogP contribution in [0, 0.1) is 0 Å². The van der Waals surface area contributed by atoms with Crippen LogP contribution in [-0.4, -0.2) is 0 Å². The Labute approximate surface area is 398 Å². The van der Waals surface area contributed by atoms with Crippen LogP contribution < -0.4 is 9.80 Å². The van der Waals surface area contributed by atoms with E-state index in [4.69, 9.17) is 0 Å². The molecule has 0 saturated heterocycles. The lowest BCUT2D eigenvalue weighted by atomic mass is 9.66. The van der Waals surface area contributed by atoms with E-state index in [-0.39, 0.29) is 5.41 Å². The molecule has 0 aromatic heterocycles. The Kier molecular flexibility index (Phi) is 8.28. The van der Waals surface area contributed by atoms with Crippen LogP contribution in [0.15, 0.2) is 231 Å². The van der Waals surface area contributed by atoms with E-state index in [0.717, 1.165) is 34.1 Å². The maximum Gasteiger partial charge on any atom is 0.0725 e. The minimum Gasteiger partial charge on any atom is -0.310 e. The van der Waals surface area contributed by atoms with E-state index in [1.807, 2.05) is 0 Å². The fraction of sp³-hybridized carbons (Fsp3) is 0.0606. The summed E-state index contributed by atoms with van der Waals surface area (Å²) in [5.74, 6) is 0. The third-order valence-electron chi connectivity index (χ3n) is 15.4. The lowest BCUT2D eigenvalue weighted by Gasteiger charge is -2.36. The first kappa shape index (κ1) is 38.8. The van der Waals surface area contributed by atoms with Gasteiger partial charge in [0.1, 0.15) is 0 Å². The molecule has 0 bridgehead atoms. The largest absolute Gasteiger partial charge is 0.310 e. The highest BCUT2D eigenvalue weighted by molar-refractivity contribution is 6.05. The fourth-order valence-electron chi connectivity index (χ4n) is 12.5. The molecule has 2 nitrogen and oxygen atoms in total. The maximum absolute atomic E-state index is 2.56. The number of rotatable bonds is 4. The second kappa shape index (κ2) is 14.5. The zero-order valence-corrected chi connectivity index (χ0v) is 38.0. The van der Waals surface area contributed by atoms with Crippen molar-refractivity contribution in [2.45, 2.75) is 24.7 Å². The molecule has 0 radical (unpaired) electrons. The van der Waals surface area contributed by atoms with Crippen LogP contribution in [-0.2, 0) is 10.8 Å². The molecule has 0 atom stereocenters. The Hall–Kier alpha value is -8.46. The molecule has 1 heterocycles. The molecule has 0 saturated carbocycles. The van der Waals surface area contributed by atoms with Crippen molar-refractivity contribution in [1.82, 2.24) is 0 Å². The highest BCUT2D eigenvalue weighted by atomic mass is 15.2. The van der Waals surface area contributed by atoms with Gasteiger partial charge in [-0.3, -0.25) is 0 Å². The lowest BCUT2D eigenvalue weighted by molar-refractivity contribution is 0.660. The van der Waals surface area contributed by atoms with Crippen molar-refractivity contribution in [3.8, 4) is 44.5 Å². The average Bonchev–Trinajstić information content (AvgIpc) is 3.69. The van der Waals surface area contributed by atoms with Gasteiger partial charge in [0.25, 0.3) is 0 Å². The number of anilines is 6. The summed E-state index contributed by atoms with van der Waals surface area (Å²) in [4.78, 5) is 5.01. The smallest absolute Gasteiger partial charge is 0.0725 e. The molecule has 1 spiro atoms. The van der Waals surface area contributed by atoms with Crippen LogP contribution in [0.1, 0.15) is 58.4 Å². The van der Waals surface area contributed by atoms with Crippen molar-refractivity contribution in [2.24, 2.45) is 0 Å². The third kappa shape index (κ3) is 5.29. The Morgan fingerprint density at radius 1 is 0.338 bits per heavy atom. The monoisotopic (exact) mass is 866 g/mol. The van der Waals surface area contributed by atoms with Crippen molar-refractivity contribution in [1.29, 1.82) is 0 Å².